The summed E-state index contributed by atoms with van der Waals surface area (Å²) in [6, 6.07) is 3.92. The van der Waals surface area contributed by atoms with E-state index in [1.807, 2.05) is 42.3 Å². The van der Waals surface area contributed by atoms with E-state index < -0.39 is 5.92 Å². The summed E-state index contributed by atoms with van der Waals surface area (Å²) in [6.45, 7) is 6.43. The van der Waals surface area contributed by atoms with Gasteiger partial charge < -0.3 is 10.6 Å². The molecular formula is C19H24ClF2N5. The van der Waals surface area contributed by atoms with Crippen LogP contribution >= 0.6 is 12.4 Å². The van der Waals surface area contributed by atoms with Crippen LogP contribution in [0, 0.1) is 13.8 Å². The molecule has 2 aromatic heterocycles. The van der Waals surface area contributed by atoms with E-state index in [0.29, 0.717) is 5.95 Å². The average Bonchev–Trinajstić information content (AvgIpc) is 2.95. The van der Waals surface area contributed by atoms with Gasteiger partial charge in [-0.15, -0.1) is 12.4 Å². The number of anilines is 1. The van der Waals surface area contributed by atoms with Crippen molar-refractivity contribution in [2.75, 3.05) is 18.0 Å². The van der Waals surface area contributed by atoms with Crippen molar-refractivity contribution in [2.24, 2.45) is 5.73 Å². The van der Waals surface area contributed by atoms with Crippen LogP contribution < -0.4 is 10.6 Å². The predicted molar refractivity (Wildman–Crippen MR) is 106 cm³/mol. The number of hydrogen-bond acceptors (Lipinski definition) is 4. The minimum Gasteiger partial charge on any atom is -0.341 e. The largest absolute Gasteiger partial charge is 0.341 e. The normalized spacial score (nSPS) is 17.9. The van der Waals surface area contributed by atoms with Crippen molar-refractivity contribution in [1.82, 2.24) is 14.4 Å². The molecule has 0 bridgehead atoms. The summed E-state index contributed by atoms with van der Waals surface area (Å²) in [5.74, 6) is -1.93. The highest BCUT2D eigenvalue weighted by atomic mass is 35.5. The Balaban J connectivity index is 0.00000210. The fourth-order valence-corrected chi connectivity index (χ4v) is 3.70. The van der Waals surface area contributed by atoms with Gasteiger partial charge in [0, 0.05) is 43.6 Å². The summed E-state index contributed by atoms with van der Waals surface area (Å²) in [6.07, 6.45) is 1.60. The van der Waals surface area contributed by atoms with Gasteiger partial charge >= 0.3 is 0 Å². The number of aromatic nitrogens is 3. The maximum absolute atomic E-state index is 13.6. The number of fused-ring (bicyclic) bond motifs is 3. The van der Waals surface area contributed by atoms with Crippen LogP contribution in [-0.2, 0) is 0 Å². The lowest BCUT2D eigenvalue weighted by Crippen LogP contribution is -2.40. The van der Waals surface area contributed by atoms with E-state index in [2.05, 4.69) is 11.1 Å². The molecule has 0 amide bonds. The van der Waals surface area contributed by atoms with Crippen LogP contribution in [0.1, 0.15) is 42.6 Å². The van der Waals surface area contributed by atoms with Gasteiger partial charge in [0.25, 0.3) is 5.92 Å². The fraction of sp³-hybridized carbons (Fsp3) is 0.474. The maximum atomic E-state index is 13.6. The monoisotopic (exact) mass is 395 g/mol. The average molecular weight is 396 g/mol. The van der Waals surface area contributed by atoms with Crippen molar-refractivity contribution < 1.29 is 8.78 Å². The molecule has 1 aliphatic heterocycles. The molecule has 2 N–H and O–H groups in total. The highest BCUT2D eigenvalue weighted by molar-refractivity contribution is 5.95. The summed E-state index contributed by atoms with van der Waals surface area (Å²) >= 11 is 0. The van der Waals surface area contributed by atoms with Crippen LogP contribution in [0.25, 0.3) is 16.6 Å². The lowest BCUT2D eigenvalue weighted by Gasteiger charge is -2.33. The second-order valence-electron chi connectivity index (χ2n) is 7.37. The zero-order chi connectivity index (χ0) is 18.6. The quantitative estimate of drug-likeness (QED) is 0.707. The summed E-state index contributed by atoms with van der Waals surface area (Å²) < 4.78 is 29.1. The van der Waals surface area contributed by atoms with Crippen molar-refractivity contribution in [3.63, 3.8) is 0 Å². The van der Waals surface area contributed by atoms with Crippen molar-refractivity contribution in [3.05, 3.63) is 35.2 Å². The number of hydrogen-bond donors (Lipinski definition) is 1. The van der Waals surface area contributed by atoms with E-state index in [4.69, 9.17) is 10.7 Å². The zero-order valence-corrected chi connectivity index (χ0v) is 16.5. The summed E-state index contributed by atoms with van der Waals surface area (Å²) in [7, 11) is 0. The number of nitrogens with two attached hydrogens (primary N) is 1. The molecule has 0 radical (unpaired) electrons. The van der Waals surface area contributed by atoms with E-state index in [-0.39, 0.29) is 44.4 Å². The van der Waals surface area contributed by atoms with Gasteiger partial charge in [0.05, 0.1) is 11.2 Å². The van der Waals surface area contributed by atoms with E-state index in [0.717, 1.165) is 33.4 Å². The zero-order valence-electron chi connectivity index (χ0n) is 15.7. The molecule has 8 heteroatoms. The molecule has 4 rings (SSSR count). The predicted octanol–water partition coefficient (Wildman–Crippen LogP) is 4.18. The summed E-state index contributed by atoms with van der Waals surface area (Å²) in [5.41, 5.74) is 10.7. The number of rotatable bonds is 2. The van der Waals surface area contributed by atoms with Gasteiger partial charge in [0.15, 0.2) is 0 Å². The molecule has 5 nitrogen and oxygen atoms in total. The van der Waals surface area contributed by atoms with Gasteiger partial charge in [-0.2, -0.15) is 0 Å². The van der Waals surface area contributed by atoms with E-state index in [1.54, 1.807) is 0 Å². The highest BCUT2D eigenvalue weighted by Crippen LogP contribution is 2.33. The first-order valence-corrected chi connectivity index (χ1v) is 8.93. The van der Waals surface area contributed by atoms with E-state index >= 15 is 0 Å². The van der Waals surface area contributed by atoms with Crippen LogP contribution in [0.4, 0.5) is 14.7 Å². The van der Waals surface area contributed by atoms with Gasteiger partial charge in [-0.25, -0.2) is 18.7 Å². The third-order valence-corrected chi connectivity index (χ3v) is 5.05. The van der Waals surface area contributed by atoms with Crippen molar-refractivity contribution >= 4 is 34.9 Å². The number of aryl methyl sites for hydroxylation is 2. The molecule has 0 unspecified atom stereocenters. The van der Waals surface area contributed by atoms with Crippen LogP contribution in [0.15, 0.2) is 18.3 Å². The Morgan fingerprint density at radius 2 is 1.81 bits per heavy atom. The minimum absolute atomic E-state index is 0. The lowest BCUT2D eigenvalue weighted by molar-refractivity contribution is -0.0222. The van der Waals surface area contributed by atoms with Crippen LogP contribution in [-0.4, -0.2) is 33.4 Å². The second-order valence-corrected chi connectivity index (χ2v) is 7.37. The molecule has 27 heavy (non-hydrogen) atoms. The minimum atomic E-state index is -2.59. The van der Waals surface area contributed by atoms with Gasteiger partial charge in [0.2, 0.25) is 5.95 Å². The molecule has 3 aromatic rings. The maximum Gasteiger partial charge on any atom is 0.251 e. The van der Waals surface area contributed by atoms with Crippen LogP contribution in [0.2, 0.25) is 0 Å². The van der Waals surface area contributed by atoms with Gasteiger partial charge in [-0.05, 0) is 38.0 Å². The molecule has 1 saturated heterocycles. The van der Waals surface area contributed by atoms with Gasteiger partial charge in [0.1, 0.15) is 5.65 Å². The van der Waals surface area contributed by atoms with E-state index in [1.165, 1.54) is 0 Å². The third-order valence-electron chi connectivity index (χ3n) is 5.05. The SMILES string of the molecule is Cc1cc([C@@H](C)N)c2nc(N3CCC(F)(F)CC3)n3cc(C)nc3c2c1.Cl. The Kier molecular flexibility index (Phi) is 5.03. The molecule has 1 atom stereocenters. The van der Waals surface area contributed by atoms with Crippen LogP contribution in [0.5, 0.6) is 0 Å². The molecule has 146 valence electrons. The molecule has 0 saturated carbocycles. The van der Waals surface area contributed by atoms with Crippen molar-refractivity contribution in [1.29, 1.82) is 0 Å². The fourth-order valence-electron chi connectivity index (χ4n) is 3.70. The van der Waals surface area contributed by atoms with Gasteiger partial charge in [-0.3, -0.25) is 4.40 Å². The second kappa shape index (κ2) is 6.87. The Morgan fingerprint density at radius 3 is 2.44 bits per heavy atom. The molecule has 1 aromatic carbocycles. The number of alkyl halides is 2. The Labute approximate surface area is 163 Å². The molecular weight excluding hydrogens is 372 g/mol. The van der Waals surface area contributed by atoms with Crippen LogP contribution in [0.3, 0.4) is 0 Å². The lowest BCUT2D eigenvalue weighted by atomic mass is 10.0. The number of benzene rings is 1. The number of imidazole rings is 1. The van der Waals surface area contributed by atoms with Crippen molar-refractivity contribution in [2.45, 2.75) is 45.6 Å². The highest BCUT2D eigenvalue weighted by Gasteiger charge is 2.35. The molecule has 0 aliphatic carbocycles. The van der Waals surface area contributed by atoms with Crippen molar-refractivity contribution in [3.8, 4) is 0 Å². The summed E-state index contributed by atoms with van der Waals surface area (Å²) in [4.78, 5) is 11.5. The first kappa shape index (κ1) is 19.8. The standard InChI is InChI=1S/C19H23F2N5.ClH/c1-11-8-14(13(3)22)16-15(9-11)17-23-12(2)10-26(17)18(24-16)25-6-4-19(20,21)5-7-25;/h8-10,13H,4-7,22H2,1-3H3;1H/t13-;/m1./s1. The Bertz CT molecular complexity index is 989. The first-order valence-electron chi connectivity index (χ1n) is 8.93. The smallest absolute Gasteiger partial charge is 0.251 e. The number of piperidine rings is 1. The van der Waals surface area contributed by atoms with Gasteiger partial charge in [-0.1, -0.05) is 6.07 Å². The molecule has 0 spiro atoms. The molecule has 1 fully saturated rings. The topological polar surface area (TPSA) is 59.5 Å². The Hall–Kier alpha value is -1.99. The first-order chi connectivity index (χ1) is 12.2. The molecule has 1 aliphatic rings. The third kappa shape index (κ3) is 3.46. The summed E-state index contributed by atoms with van der Waals surface area (Å²) in [5, 5.41) is 0.941. The Morgan fingerprint density at radius 1 is 1.15 bits per heavy atom. The van der Waals surface area contributed by atoms with E-state index in [9.17, 15) is 8.78 Å². The molecule has 3 heterocycles. The number of nitrogens with zero attached hydrogens (tertiary/aromatic N) is 4. The number of halogens is 3.